The average molecular weight is 326 g/mol. The van der Waals surface area contributed by atoms with Gasteiger partial charge in [-0.15, -0.1) is 5.10 Å². The van der Waals surface area contributed by atoms with Crippen molar-refractivity contribution in [3.8, 4) is 0 Å². The van der Waals surface area contributed by atoms with E-state index < -0.39 is 17.0 Å². The third kappa shape index (κ3) is 3.06. The Balaban J connectivity index is 1.68. The van der Waals surface area contributed by atoms with Gasteiger partial charge in [-0.05, 0) is 46.4 Å². The van der Waals surface area contributed by atoms with Crippen LogP contribution in [-0.2, 0) is 9.59 Å². The smallest absolute Gasteiger partial charge is 0.269 e. The van der Waals surface area contributed by atoms with Crippen LogP contribution >= 0.6 is 0 Å². The minimum absolute atomic E-state index is 0.0394. The normalized spacial score (nSPS) is 16.2. The van der Waals surface area contributed by atoms with Crippen molar-refractivity contribution >= 4 is 29.5 Å². The molecule has 2 heterocycles. The van der Waals surface area contributed by atoms with Crippen molar-refractivity contribution in [2.24, 2.45) is 0 Å². The van der Waals surface area contributed by atoms with Gasteiger partial charge in [0.2, 0.25) is 11.7 Å². The number of nitrogens with one attached hydrogen (secondary N) is 1. The zero-order valence-corrected chi connectivity index (χ0v) is 12.1. The van der Waals surface area contributed by atoms with Crippen molar-refractivity contribution in [2.45, 2.75) is 6.17 Å². The highest BCUT2D eigenvalue weighted by molar-refractivity contribution is 6.01. The molecule has 1 unspecified atom stereocenters. The van der Waals surface area contributed by atoms with E-state index in [0.29, 0.717) is 11.4 Å². The van der Waals surface area contributed by atoms with Crippen LogP contribution < -0.4 is 5.32 Å². The van der Waals surface area contributed by atoms with Crippen molar-refractivity contribution in [3.05, 3.63) is 57.9 Å². The summed E-state index contributed by atoms with van der Waals surface area (Å²) in [6.07, 6.45) is 4.43. The molecule has 0 saturated heterocycles. The highest BCUT2D eigenvalue weighted by Gasteiger charge is 2.26. The highest BCUT2D eigenvalue weighted by atomic mass is 16.6. The van der Waals surface area contributed by atoms with Crippen molar-refractivity contribution in [1.29, 1.82) is 0 Å². The molecule has 1 aromatic carbocycles. The lowest BCUT2D eigenvalue weighted by atomic mass is 10.2. The van der Waals surface area contributed by atoms with Gasteiger partial charge in [-0.1, -0.05) is 0 Å². The molecule has 0 aliphatic carbocycles. The summed E-state index contributed by atoms with van der Waals surface area (Å²) in [5, 5.41) is 23.9. The Morgan fingerprint density at radius 3 is 2.75 bits per heavy atom. The quantitative estimate of drug-likeness (QED) is 0.491. The first-order chi connectivity index (χ1) is 11.5. The van der Waals surface area contributed by atoms with E-state index in [2.05, 4.69) is 20.8 Å². The van der Waals surface area contributed by atoms with E-state index in [9.17, 15) is 19.7 Å². The average Bonchev–Trinajstić information content (AvgIpc) is 3.05. The number of hydrogen-bond acceptors (Lipinski definition) is 7. The predicted octanol–water partition coefficient (Wildman–Crippen LogP) is 0.505. The molecule has 120 valence electrons. The number of carbonyl (C=O) groups is 2. The van der Waals surface area contributed by atoms with E-state index in [-0.39, 0.29) is 11.5 Å². The SMILES string of the molecule is O=C(C=Cc1ccc([N+](=O)[O-])cc1)NC1C(=O)C=Cc2nnnn21. The van der Waals surface area contributed by atoms with Crippen molar-refractivity contribution in [2.75, 3.05) is 0 Å². The molecule has 0 saturated carbocycles. The number of nitro groups is 1. The Morgan fingerprint density at radius 2 is 2.04 bits per heavy atom. The number of nitrogens with zero attached hydrogens (tertiary/aromatic N) is 5. The van der Waals surface area contributed by atoms with Crippen LogP contribution in [0.2, 0.25) is 0 Å². The Labute approximate surface area is 134 Å². The summed E-state index contributed by atoms with van der Waals surface area (Å²) in [5.74, 6) is -0.519. The number of fused-ring (bicyclic) bond motifs is 1. The second-order valence-electron chi connectivity index (χ2n) is 4.81. The van der Waals surface area contributed by atoms with E-state index >= 15 is 0 Å². The fraction of sp³-hybridized carbons (Fsp3) is 0.0714. The topological polar surface area (TPSA) is 133 Å². The molecule has 0 bridgehead atoms. The zero-order valence-electron chi connectivity index (χ0n) is 12.1. The molecule has 0 radical (unpaired) electrons. The Kier molecular flexibility index (Phi) is 3.93. The number of ketones is 1. The molecule has 10 heteroatoms. The minimum Gasteiger partial charge on any atom is -0.324 e. The summed E-state index contributed by atoms with van der Waals surface area (Å²) < 4.78 is 1.21. The third-order valence-corrected chi connectivity index (χ3v) is 3.24. The number of rotatable bonds is 4. The first-order valence-corrected chi connectivity index (χ1v) is 6.77. The Hall–Kier alpha value is -3.69. The van der Waals surface area contributed by atoms with E-state index in [1.807, 2.05) is 0 Å². The molecule has 24 heavy (non-hydrogen) atoms. The van der Waals surface area contributed by atoms with Crippen LogP contribution in [0.15, 0.2) is 36.4 Å². The van der Waals surface area contributed by atoms with Crippen molar-refractivity contribution in [3.63, 3.8) is 0 Å². The summed E-state index contributed by atoms with van der Waals surface area (Å²) in [4.78, 5) is 33.9. The van der Waals surface area contributed by atoms with Gasteiger partial charge in [0.25, 0.3) is 5.69 Å². The summed E-state index contributed by atoms with van der Waals surface area (Å²) in [6.45, 7) is 0. The van der Waals surface area contributed by atoms with Crippen LogP contribution in [0.4, 0.5) is 5.69 Å². The van der Waals surface area contributed by atoms with Gasteiger partial charge >= 0.3 is 0 Å². The number of aromatic nitrogens is 4. The molecule has 10 nitrogen and oxygen atoms in total. The van der Waals surface area contributed by atoms with Crippen LogP contribution in [0.25, 0.3) is 12.2 Å². The second-order valence-corrected chi connectivity index (χ2v) is 4.81. The lowest BCUT2D eigenvalue weighted by Crippen LogP contribution is -2.38. The molecule has 1 amide bonds. The number of amides is 1. The van der Waals surface area contributed by atoms with Gasteiger partial charge < -0.3 is 5.32 Å². The maximum absolute atomic E-state index is 12.0. The Morgan fingerprint density at radius 1 is 1.29 bits per heavy atom. The Bertz CT molecular complexity index is 868. The number of non-ortho nitro benzene ring substituents is 1. The number of benzene rings is 1. The van der Waals surface area contributed by atoms with Gasteiger partial charge in [0, 0.05) is 18.2 Å². The van der Waals surface area contributed by atoms with E-state index in [1.165, 1.54) is 53.3 Å². The molecule has 0 fully saturated rings. The lowest BCUT2D eigenvalue weighted by molar-refractivity contribution is -0.384. The van der Waals surface area contributed by atoms with Gasteiger partial charge in [-0.3, -0.25) is 19.7 Å². The summed E-state index contributed by atoms with van der Waals surface area (Å²) in [6, 6.07) is 5.69. The van der Waals surface area contributed by atoms with E-state index in [0.717, 1.165) is 0 Å². The molecule has 1 atom stereocenters. The van der Waals surface area contributed by atoms with Crippen LogP contribution in [0, 0.1) is 10.1 Å². The van der Waals surface area contributed by atoms with E-state index in [4.69, 9.17) is 0 Å². The van der Waals surface area contributed by atoms with Crippen molar-refractivity contribution < 1.29 is 14.5 Å². The largest absolute Gasteiger partial charge is 0.324 e. The number of carbonyl (C=O) groups excluding carboxylic acids is 2. The van der Waals surface area contributed by atoms with Crippen molar-refractivity contribution in [1.82, 2.24) is 25.5 Å². The van der Waals surface area contributed by atoms with Crippen LogP contribution in [-0.4, -0.2) is 36.8 Å². The fourth-order valence-electron chi connectivity index (χ4n) is 2.06. The molecule has 1 aromatic heterocycles. The highest BCUT2D eigenvalue weighted by Crippen LogP contribution is 2.14. The molecule has 1 aliphatic heterocycles. The predicted molar refractivity (Wildman–Crippen MR) is 81.2 cm³/mol. The number of nitro benzene ring substituents is 1. The molecule has 0 spiro atoms. The van der Waals surface area contributed by atoms with E-state index in [1.54, 1.807) is 0 Å². The van der Waals surface area contributed by atoms with Crippen LogP contribution in [0.1, 0.15) is 17.6 Å². The molecular formula is C14H10N6O4. The number of tetrazole rings is 1. The monoisotopic (exact) mass is 326 g/mol. The summed E-state index contributed by atoms with van der Waals surface area (Å²) >= 11 is 0. The lowest BCUT2D eigenvalue weighted by Gasteiger charge is -2.18. The molecule has 2 aromatic rings. The van der Waals surface area contributed by atoms with Gasteiger partial charge in [-0.2, -0.15) is 4.68 Å². The first-order valence-electron chi connectivity index (χ1n) is 6.77. The zero-order chi connectivity index (χ0) is 17.1. The maximum atomic E-state index is 12.0. The van der Waals surface area contributed by atoms with Crippen LogP contribution in [0.5, 0.6) is 0 Å². The number of hydrogen-bond donors (Lipinski definition) is 1. The van der Waals surface area contributed by atoms with Gasteiger partial charge in [0.05, 0.1) is 4.92 Å². The molecular weight excluding hydrogens is 316 g/mol. The molecule has 1 aliphatic rings. The second kappa shape index (κ2) is 6.20. The van der Waals surface area contributed by atoms with Gasteiger partial charge in [-0.25, -0.2) is 0 Å². The summed E-state index contributed by atoms with van der Waals surface area (Å²) in [5.41, 5.74) is 0.566. The maximum Gasteiger partial charge on any atom is 0.269 e. The first kappa shape index (κ1) is 15.2. The van der Waals surface area contributed by atoms with Gasteiger partial charge in [0.1, 0.15) is 0 Å². The third-order valence-electron chi connectivity index (χ3n) is 3.24. The van der Waals surface area contributed by atoms with Crippen LogP contribution in [0.3, 0.4) is 0 Å². The van der Waals surface area contributed by atoms with Gasteiger partial charge in [0.15, 0.2) is 12.0 Å². The summed E-state index contributed by atoms with van der Waals surface area (Å²) in [7, 11) is 0. The molecule has 1 N–H and O–H groups in total. The fourth-order valence-corrected chi connectivity index (χ4v) is 2.06. The minimum atomic E-state index is -1.01. The standard InChI is InChI=1S/C14H10N6O4/c21-11-6-7-12-16-17-18-19(12)14(11)15-13(22)8-3-9-1-4-10(5-2-9)20(23)24/h1-8,14H,(H,15,22). The molecule has 3 rings (SSSR count).